The van der Waals surface area contributed by atoms with E-state index in [1.54, 1.807) is 12.1 Å². The Morgan fingerprint density at radius 2 is 1.42 bits per heavy atom. The van der Waals surface area contributed by atoms with Crippen molar-refractivity contribution in [2.75, 3.05) is 0 Å². The number of fused-ring (bicyclic) bond motifs is 1. The molecule has 0 bridgehead atoms. The number of carbonyl (C=O) groups excluding carboxylic acids is 1. The number of rotatable bonds is 2. The van der Waals surface area contributed by atoms with Gasteiger partial charge in [-0.05, 0) is 41.8 Å². The number of hydrogen-bond donors (Lipinski definition) is 0. The summed E-state index contributed by atoms with van der Waals surface area (Å²) in [6.45, 7) is 1.91. The maximum atomic E-state index is 12.6. The zero-order valence-corrected chi connectivity index (χ0v) is 13.2. The Labute approximate surface area is 140 Å². The summed E-state index contributed by atoms with van der Waals surface area (Å²) in [7, 11) is 0. The fourth-order valence-corrected chi connectivity index (χ4v) is 3.04. The lowest BCUT2D eigenvalue weighted by Gasteiger charge is -2.04. The topological polar surface area (TPSA) is 43.1 Å². The van der Waals surface area contributed by atoms with E-state index in [9.17, 15) is 10.0 Å². The van der Waals surface area contributed by atoms with Crippen LogP contribution in [0, 0.1) is 12.1 Å². The fraction of sp³-hybridized carbons (Fsp3) is 0.0476. The van der Waals surface area contributed by atoms with Gasteiger partial charge >= 0.3 is 0 Å². The molecule has 116 valence electrons. The van der Waals surface area contributed by atoms with Crippen molar-refractivity contribution in [3.05, 3.63) is 94.7 Å². The Morgan fingerprint density at radius 3 is 2.12 bits per heavy atom. The van der Waals surface area contributed by atoms with Gasteiger partial charge in [0.05, 0.1) is 5.56 Å². The van der Waals surface area contributed by atoms with Crippen LogP contribution in [-0.4, -0.2) is 16.2 Å². The van der Waals surface area contributed by atoms with Gasteiger partial charge in [-0.1, -0.05) is 48.5 Å². The molecule has 24 heavy (non-hydrogen) atoms. The molecule has 1 aliphatic rings. The highest BCUT2D eigenvalue weighted by Gasteiger charge is 2.36. The van der Waals surface area contributed by atoms with E-state index < -0.39 is 0 Å². The van der Waals surface area contributed by atoms with E-state index in [-0.39, 0.29) is 11.5 Å². The summed E-state index contributed by atoms with van der Waals surface area (Å²) in [5.41, 5.74) is 4.85. The minimum absolute atomic E-state index is 0.190. The number of aryl methyl sites for hydroxylation is 1. The summed E-state index contributed by atoms with van der Waals surface area (Å²) in [5, 5.41) is 12.6. The van der Waals surface area contributed by atoms with Gasteiger partial charge in [0.25, 0.3) is 11.5 Å². The van der Waals surface area contributed by atoms with Gasteiger partial charge in [0.1, 0.15) is 5.56 Å². The van der Waals surface area contributed by atoms with Crippen LogP contribution in [0.5, 0.6) is 0 Å². The molecular weight excluding hydrogens is 298 g/mol. The predicted molar refractivity (Wildman–Crippen MR) is 94.8 cm³/mol. The molecule has 4 rings (SSSR count). The van der Waals surface area contributed by atoms with E-state index in [0.29, 0.717) is 16.8 Å². The quantitative estimate of drug-likeness (QED) is 0.517. The number of nitrogens with zero attached hydrogens (tertiary/aromatic N) is 1. The SMILES string of the molecule is Cc1ccc2c(c1)[N+]([O-])=C(c1ccc(-c3ccccc3)cc1)C2=O. The second kappa shape index (κ2) is 5.46. The predicted octanol–water partition coefficient (Wildman–Crippen LogP) is 4.49. The van der Waals surface area contributed by atoms with Crippen molar-refractivity contribution in [3.8, 4) is 11.1 Å². The van der Waals surface area contributed by atoms with Crippen molar-refractivity contribution in [2.45, 2.75) is 6.92 Å². The smallest absolute Gasteiger partial charge is 0.272 e. The van der Waals surface area contributed by atoms with Gasteiger partial charge in [-0.25, -0.2) is 0 Å². The van der Waals surface area contributed by atoms with Crippen LogP contribution in [-0.2, 0) is 0 Å². The second-order valence-electron chi connectivity index (χ2n) is 5.94. The van der Waals surface area contributed by atoms with Crippen molar-refractivity contribution in [3.63, 3.8) is 0 Å². The third-order valence-electron chi connectivity index (χ3n) is 4.30. The van der Waals surface area contributed by atoms with E-state index in [2.05, 4.69) is 0 Å². The monoisotopic (exact) mass is 313 g/mol. The number of hydrogen-bond acceptors (Lipinski definition) is 2. The van der Waals surface area contributed by atoms with Crippen molar-refractivity contribution in [1.29, 1.82) is 0 Å². The minimum atomic E-state index is -0.215. The molecule has 1 aliphatic heterocycles. The van der Waals surface area contributed by atoms with Gasteiger partial charge in [0.2, 0.25) is 5.69 Å². The first-order valence-electron chi connectivity index (χ1n) is 7.80. The van der Waals surface area contributed by atoms with Crippen molar-refractivity contribution >= 4 is 17.2 Å². The zero-order valence-electron chi connectivity index (χ0n) is 13.2. The lowest BCUT2D eigenvalue weighted by molar-refractivity contribution is -0.355. The molecule has 0 N–H and O–H groups in total. The maximum absolute atomic E-state index is 12.6. The molecule has 3 aromatic carbocycles. The van der Waals surface area contributed by atoms with Crippen molar-refractivity contribution in [1.82, 2.24) is 0 Å². The Balaban J connectivity index is 1.76. The highest BCUT2D eigenvalue weighted by molar-refractivity contribution is 6.52. The molecule has 0 saturated heterocycles. The van der Waals surface area contributed by atoms with Gasteiger partial charge in [-0.3, -0.25) is 4.79 Å². The number of Topliss-reactive ketones (excluding diaryl/α,β-unsaturated/α-hetero) is 1. The molecule has 0 spiro atoms. The molecule has 0 aromatic heterocycles. The number of benzene rings is 3. The van der Waals surface area contributed by atoms with E-state index in [1.807, 2.05) is 67.6 Å². The molecule has 0 aliphatic carbocycles. The molecule has 0 unspecified atom stereocenters. The Morgan fingerprint density at radius 1 is 0.792 bits per heavy atom. The van der Waals surface area contributed by atoms with Gasteiger partial charge in [0.15, 0.2) is 0 Å². The van der Waals surface area contributed by atoms with Crippen LogP contribution in [0.2, 0.25) is 0 Å². The molecule has 0 amide bonds. The van der Waals surface area contributed by atoms with Crippen LogP contribution in [0.15, 0.2) is 72.8 Å². The first-order valence-corrected chi connectivity index (χ1v) is 7.80. The second-order valence-corrected chi connectivity index (χ2v) is 5.94. The Hall–Kier alpha value is -3.20. The van der Waals surface area contributed by atoms with Gasteiger partial charge in [0, 0.05) is 6.07 Å². The summed E-state index contributed by atoms with van der Waals surface area (Å²) in [6, 6.07) is 22.9. The fourth-order valence-electron chi connectivity index (χ4n) is 3.04. The summed E-state index contributed by atoms with van der Waals surface area (Å²) in [4.78, 5) is 12.6. The molecule has 1 heterocycles. The average Bonchev–Trinajstić information content (AvgIpc) is 2.86. The van der Waals surface area contributed by atoms with Crippen LogP contribution in [0.3, 0.4) is 0 Å². The van der Waals surface area contributed by atoms with Crippen LogP contribution in [0.1, 0.15) is 21.5 Å². The van der Waals surface area contributed by atoms with Gasteiger partial charge in [-0.2, -0.15) is 4.74 Å². The molecule has 0 radical (unpaired) electrons. The van der Waals surface area contributed by atoms with Crippen LogP contribution in [0.4, 0.5) is 5.69 Å². The summed E-state index contributed by atoms with van der Waals surface area (Å²) >= 11 is 0. The lowest BCUT2D eigenvalue weighted by atomic mass is 9.99. The van der Waals surface area contributed by atoms with Crippen LogP contribution in [0.25, 0.3) is 11.1 Å². The molecule has 0 atom stereocenters. The first kappa shape index (κ1) is 14.4. The molecule has 3 nitrogen and oxygen atoms in total. The lowest BCUT2D eigenvalue weighted by Crippen LogP contribution is -2.16. The number of ketones is 1. The summed E-state index contributed by atoms with van der Waals surface area (Å²) < 4.78 is 0.752. The van der Waals surface area contributed by atoms with Crippen molar-refractivity contribution in [2.24, 2.45) is 0 Å². The third-order valence-corrected chi connectivity index (χ3v) is 4.30. The van der Waals surface area contributed by atoms with Crippen molar-refractivity contribution < 1.29 is 9.53 Å². The average molecular weight is 313 g/mol. The normalized spacial score (nSPS) is 13.3. The van der Waals surface area contributed by atoms with E-state index in [1.165, 1.54) is 0 Å². The largest absolute Gasteiger partial charge is 0.618 e. The van der Waals surface area contributed by atoms with Gasteiger partial charge < -0.3 is 5.21 Å². The van der Waals surface area contributed by atoms with E-state index >= 15 is 0 Å². The Kier molecular flexibility index (Phi) is 3.28. The van der Waals surface area contributed by atoms with Gasteiger partial charge in [-0.15, -0.1) is 0 Å². The Bertz CT molecular complexity index is 970. The maximum Gasteiger partial charge on any atom is 0.272 e. The molecule has 0 saturated carbocycles. The third kappa shape index (κ3) is 2.22. The zero-order chi connectivity index (χ0) is 16.7. The number of carbonyl (C=O) groups is 1. The summed E-state index contributed by atoms with van der Waals surface area (Å²) in [5.74, 6) is -0.215. The van der Waals surface area contributed by atoms with E-state index in [4.69, 9.17) is 0 Å². The van der Waals surface area contributed by atoms with Crippen LogP contribution >= 0.6 is 0 Å². The standard InChI is InChI=1S/C21H15NO2/c1-14-7-12-18-19(13-14)22(24)20(21(18)23)17-10-8-16(9-11-17)15-5-3-2-4-6-15/h2-13H,1H3. The molecule has 3 aromatic rings. The van der Waals surface area contributed by atoms with Crippen LogP contribution < -0.4 is 0 Å². The molecule has 0 fully saturated rings. The first-order chi connectivity index (χ1) is 11.6. The highest BCUT2D eigenvalue weighted by atomic mass is 16.5. The minimum Gasteiger partial charge on any atom is -0.618 e. The molecule has 3 heteroatoms. The summed E-state index contributed by atoms with van der Waals surface area (Å²) in [6.07, 6.45) is 0. The highest BCUT2D eigenvalue weighted by Crippen LogP contribution is 2.29. The van der Waals surface area contributed by atoms with E-state index in [0.717, 1.165) is 21.4 Å². The molecular formula is C21H15NO2.